The fourth-order valence-corrected chi connectivity index (χ4v) is 2.10. The Bertz CT molecular complexity index is 667. The summed E-state index contributed by atoms with van der Waals surface area (Å²) in [7, 11) is 0. The van der Waals surface area contributed by atoms with Gasteiger partial charge in [0, 0.05) is 0 Å². The number of hydrogen-bond donors (Lipinski definition) is 2. The quantitative estimate of drug-likeness (QED) is 0.778. The summed E-state index contributed by atoms with van der Waals surface area (Å²) < 4.78 is 10.7. The average Bonchev–Trinajstić information content (AvgIpc) is 3.11. The molecule has 2 N–H and O–H groups in total. The highest BCUT2D eigenvalue weighted by Gasteiger charge is 2.12. The monoisotopic (exact) mass is 330 g/mol. The van der Waals surface area contributed by atoms with Crippen LogP contribution in [-0.2, 0) is 4.79 Å². The highest BCUT2D eigenvalue weighted by molar-refractivity contribution is 5.96. The zero-order valence-corrected chi connectivity index (χ0v) is 13.9. The van der Waals surface area contributed by atoms with Crippen molar-refractivity contribution in [3.05, 3.63) is 54.0 Å². The maximum atomic E-state index is 11.8. The molecule has 2 amide bonds. The lowest BCUT2D eigenvalue weighted by atomic mass is 10.2. The molecule has 6 heteroatoms. The number of amides is 2. The van der Waals surface area contributed by atoms with E-state index in [1.54, 1.807) is 0 Å². The third-order valence-electron chi connectivity index (χ3n) is 3.47. The number of carbonyl (C=O) groups is 2. The van der Waals surface area contributed by atoms with Crippen molar-refractivity contribution in [2.24, 2.45) is 0 Å². The molecule has 1 atom stereocenters. The molecule has 0 radical (unpaired) electrons. The molecule has 1 aromatic heterocycles. The van der Waals surface area contributed by atoms with Crippen LogP contribution in [-0.4, -0.2) is 31.0 Å². The van der Waals surface area contributed by atoms with Gasteiger partial charge in [-0.1, -0.05) is 19.1 Å². The van der Waals surface area contributed by atoms with Gasteiger partial charge in [0.1, 0.15) is 18.1 Å². The van der Waals surface area contributed by atoms with Crippen molar-refractivity contribution < 1.29 is 18.7 Å². The molecule has 24 heavy (non-hydrogen) atoms. The number of benzene rings is 1. The van der Waals surface area contributed by atoms with Gasteiger partial charge >= 0.3 is 0 Å². The van der Waals surface area contributed by atoms with E-state index in [4.69, 9.17) is 9.15 Å². The normalized spacial score (nSPS) is 11.6. The second-order valence-electron chi connectivity index (χ2n) is 5.46. The molecule has 128 valence electrons. The van der Waals surface area contributed by atoms with Gasteiger partial charge in [0.05, 0.1) is 24.9 Å². The van der Waals surface area contributed by atoms with E-state index in [1.165, 1.54) is 18.6 Å². The van der Waals surface area contributed by atoms with Gasteiger partial charge in [0.2, 0.25) is 5.91 Å². The lowest BCUT2D eigenvalue weighted by Gasteiger charge is -2.18. The van der Waals surface area contributed by atoms with Gasteiger partial charge < -0.3 is 19.8 Å². The van der Waals surface area contributed by atoms with Crippen molar-refractivity contribution in [1.82, 2.24) is 10.6 Å². The van der Waals surface area contributed by atoms with Gasteiger partial charge in [-0.05, 0) is 37.1 Å². The fraction of sp³-hybridized carbons (Fsp3) is 0.333. The zero-order valence-electron chi connectivity index (χ0n) is 13.9. The molecule has 1 unspecified atom stereocenters. The van der Waals surface area contributed by atoms with E-state index in [2.05, 4.69) is 10.6 Å². The molecule has 1 heterocycles. The minimum Gasteiger partial charge on any atom is -0.489 e. The summed E-state index contributed by atoms with van der Waals surface area (Å²) in [6.07, 6.45) is 3.37. The van der Waals surface area contributed by atoms with E-state index in [-0.39, 0.29) is 24.5 Å². The number of aryl methyl sites for hydroxylation is 1. The molecule has 2 rings (SSSR count). The van der Waals surface area contributed by atoms with Crippen LogP contribution in [0.1, 0.15) is 29.3 Å². The third-order valence-corrected chi connectivity index (χ3v) is 3.47. The summed E-state index contributed by atoms with van der Waals surface area (Å²) in [6.45, 7) is 4.28. The molecule has 0 aliphatic rings. The number of ether oxygens (including phenoxy) is 1. The van der Waals surface area contributed by atoms with Crippen molar-refractivity contribution in [2.45, 2.75) is 26.4 Å². The molecule has 0 bridgehead atoms. The summed E-state index contributed by atoms with van der Waals surface area (Å²) >= 11 is 0. The molecule has 2 aromatic rings. The Morgan fingerprint density at radius 3 is 2.75 bits per heavy atom. The van der Waals surface area contributed by atoms with Crippen LogP contribution in [0.15, 0.2) is 47.3 Å². The molecular formula is C18H22N2O4. The average molecular weight is 330 g/mol. The van der Waals surface area contributed by atoms with Crippen molar-refractivity contribution in [1.29, 1.82) is 0 Å². The standard InChI is InChI=1S/C18H22N2O4/c1-3-15(24-16-6-4-5-13(2)9-16)10-19-17(21)11-20-18(22)14-7-8-23-12-14/h4-9,12,15H,3,10-11H2,1-2H3,(H,19,21)(H,20,22). The molecule has 1 aromatic carbocycles. The summed E-state index contributed by atoms with van der Waals surface area (Å²) in [5.41, 5.74) is 1.50. The van der Waals surface area contributed by atoms with Crippen LogP contribution in [0.2, 0.25) is 0 Å². The molecule has 0 saturated heterocycles. The molecular weight excluding hydrogens is 308 g/mol. The minimum atomic E-state index is -0.345. The van der Waals surface area contributed by atoms with E-state index >= 15 is 0 Å². The zero-order chi connectivity index (χ0) is 17.4. The Kier molecular flexibility index (Phi) is 6.42. The van der Waals surface area contributed by atoms with Crippen LogP contribution in [0.4, 0.5) is 0 Å². The van der Waals surface area contributed by atoms with Crippen molar-refractivity contribution in [3.8, 4) is 5.75 Å². The number of nitrogens with one attached hydrogen (secondary N) is 2. The first-order valence-electron chi connectivity index (χ1n) is 7.89. The predicted octanol–water partition coefficient (Wildman–Crippen LogP) is 2.29. The van der Waals surface area contributed by atoms with E-state index in [0.717, 1.165) is 17.7 Å². The van der Waals surface area contributed by atoms with Crippen molar-refractivity contribution in [3.63, 3.8) is 0 Å². The molecule has 0 spiro atoms. The Hall–Kier alpha value is -2.76. The maximum Gasteiger partial charge on any atom is 0.254 e. The smallest absolute Gasteiger partial charge is 0.254 e. The van der Waals surface area contributed by atoms with Crippen molar-refractivity contribution >= 4 is 11.8 Å². The van der Waals surface area contributed by atoms with E-state index in [9.17, 15) is 9.59 Å². The number of hydrogen-bond acceptors (Lipinski definition) is 4. The first-order chi connectivity index (χ1) is 11.6. The third kappa shape index (κ3) is 5.46. The Morgan fingerprint density at radius 2 is 2.08 bits per heavy atom. The second kappa shape index (κ2) is 8.76. The van der Waals surface area contributed by atoms with Gasteiger partial charge in [-0.15, -0.1) is 0 Å². The lowest BCUT2D eigenvalue weighted by molar-refractivity contribution is -0.120. The van der Waals surface area contributed by atoms with Crippen LogP contribution in [0.25, 0.3) is 0 Å². The Balaban J connectivity index is 1.74. The van der Waals surface area contributed by atoms with Gasteiger partial charge in [0.15, 0.2) is 0 Å². The van der Waals surface area contributed by atoms with Crippen LogP contribution in [0.5, 0.6) is 5.75 Å². The SMILES string of the molecule is CCC(CNC(=O)CNC(=O)c1ccoc1)Oc1cccc(C)c1. The highest BCUT2D eigenvalue weighted by atomic mass is 16.5. The summed E-state index contributed by atoms with van der Waals surface area (Å²) in [5.74, 6) is 0.171. The van der Waals surface area contributed by atoms with Crippen LogP contribution < -0.4 is 15.4 Å². The van der Waals surface area contributed by atoms with Crippen LogP contribution >= 0.6 is 0 Å². The van der Waals surface area contributed by atoms with E-state index < -0.39 is 0 Å². The summed E-state index contributed by atoms with van der Waals surface area (Å²) in [5, 5.41) is 5.30. The van der Waals surface area contributed by atoms with Gasteiger partial charge in [-0.25, -0.2) is 0 Å². The minimum absolute atomic E-state index is 0.0924. The highest BCUT2D eigenvalue weighted by Crippen LogP contribution is 2.15. The predicted molar refractivity (Wildman–Crippen MR) is 89.9 cm³/mol. The van der Waals surface area contributed by atoms with Gasteiger partial charge in [-0.2, -0.15) is 0 Å². The first kappa shape index (κ1) is 17.6. The molecule has 0 fully saturated rings. The van der Waals surface area contributed by atoms with E-state index in [0.29, 0.717) is 12.1 Å². The first-order valence-corrected chi connectivity index (χ1v) is 7.89. The Labute approximate surface area is 141 Å². The second-order valence-corrected chi connectivity index (χ2v) is 5.46. The van der Waals surface area contributed by atoms with Gasteiger partial charge in [-0.3, -0.25) is 9.59 Å². The molecule has 0 aliphatic heterocycles. The molecule has 0 aliphatic carbocycles. The Morgan fingerprint density at radius 1 is 1.25 bits per heavy atom. The topological polar surface area (TPSA) is 80.6 Å². The largest absolute Gasteiger partial charge is 0.489 e. The number of carbonyl (C=O) groups excluding carboxylic acids is 2. The van der Waals surface area contributed by atoms with Crippen LogP contribution in [0, 0.1) is 6.92 Å². The number of furan rings is 1. The molecule has 0 saturated carbocycles. The fourth-order valence-electron chi connectivity index (χ4n) is 2.10. The number of rotatable bonds is 8. The molecule has 6 nitrogen and oxygen atoms in total. The van der Waals surface area contributed by atoms with Gasteiger partial charge in [0.25, 0.3) is 5.91 Å². The maximum absolute atomic E-state index is 11.8. The summed E-state index contributed by atoms with van der Waals surface area (Å²) in [4.78, 5) is 23.5. The van der Waals surface area contributed by atoms with E-state index in [1.807, 2.05) is 38.1 Å². The summed E-state index contributed by atoms with van der Waals surface area (Å²) in [6, 6.07) is 9.31. The lowest BCUT2D eigenvalue weighted by Crippen LogP contribution is -2.41. The van der Waals surface area contributed by atoms with Crippen LogP contribution in [0.3, 0.4) is 0 Å². The van der Waals surface area contributed by atoms with Crippen molar-refractivity contribution in [2.75, 3.05) is 13.1 Å².